The summed E-state index contributed by atoms with van der Waals surface area (Å²) in [5.74, 6) is 0.834. The van der Waals surface area contributed by atoms with Gasteiger partial charge in [0.05, 0.1) is 18.8 Å². The van der Waals surface area contributed by atoms with E-state index in [1.807, 2.05) is 41.3 Å². The fourth-order valence-corrected chi connectivity index (χ4v) is 4.84. The molecule has 0 aliphatic carbocycles. The molecule has 0 spiro atoms. The Hall–Kier alpha value is -3.25. The van der Waals surface area contributed by atoms with Crippen molar-refractivity contribution < 1.29 is 9.53 Å². The number of nitrogens with one attached hydrogen (secondary N) is 2. The molecule has 4 aromatic rings. The van der Waals surface area contributed by atoms with Gasteiger partial charge >= 0.3 is 6.03 Å². The van der Waals surface area contributed by atoms with Gasteiger partial charge in [-0.2, -0.15) is 0 Å². The average Bonchev–Trinajstić information content (AvgIpc) is 3.18. The molecule has 32 heavy (non-hydrogen) atoms. The van der Waals surface area contributed by atoms with E-state index in [1.54, 1.807) is 7.11 Å². The van der Waals surface area contributed by atoms with Crippen molar-refractivity contribution >= 4 is 38.6 Å². The molecule has 0 saturated carbocycles. The van der Waals surface area contributed by atoms with Crippen molar-refractivity contribution in [2.75, 3.05) is 19.0 Å². The predicted octanol–water partition coefficient (Wildman–Crippen LogP) is 6.43. The molecule has 0 bridgehead atoms. The number of ether oxygens (including phenoxy) is 1. The van der Waals surface area contributed by atoms with Gasteiger partial charge in [-0.1, -0.05) is 42.0 Å². The Labute approximate surface area is 195 Å². The minimum absolute atomic E-state index is 0.121. The van der Waals surface area contributed by atoms with Gasteiger partial charge in [0.2, 0.25) is 0 Å². The highest BCUT2D eigenvalue weighted by Crippen LogP contribution is 2.40. The number of amides is 2. The van der Waals surface area contributed by atoms with Gasteiger partial charge in [-0.25, -0.2) is 4.79 Å². The maximum atomic E-state index is 13.5. The zero-order chi connectivity index (χ0) is 22.2. The Balaban J connectivity index is 1.59. The lowest BCUT2D eigenvalue weighted by molar-refractivity contribution is 0.193. The number of aromatic nitrogens is 1. The van der Waals surface area contributed by atoms with E-state index < -0.39 is 0 Å². The summed E-state index contributed by atoms with van der Waals surface area (Å²) >= 11 is 3.53. The largest absolute Gasteiger partial charge is 0.497 e. The van der Waals surface area contributed by atoms with E-state index in [0.29, 0.717) is 6.54 Å². The van der Waals surface area contributed by atoms with E-state index in [4.69, 9.17) is 4.74 Å². The van der Waals surface area contributed by atoms with Crippen molar-refractivity contribution in [3.05, 3.63) is 93.6 Å². The molecule has 5 nitrogen and oxygen atoms in total. The minimum Gasteiger partial charge on any atom is -0.497 e. The van der Waals surface area contributed by atoms with Gasteiger partial charge in [0, 0.05) is 27.6 Å². The maximum absolute atomic E-state index is 13.5. The molecule has 1 aromatic heterocycles. The lowest BCUT2D eigenvalue weighted by atomic mass is 9.92. The van der Waals surface area contributed by atoms with Crippen LogP contribution in [0.3, 0.4) is 0 Å². The van der Waals surface area contributed by atoms with Crippen molar-refractivity contribution in [2.45, 2.75) is 19.4 Å². The van der Waals surface area contributed by atoms with Crippen LogP contribution in [0.1, 0.15) is 28.4 Å². The molecule has 1 aliphatic rings. The highest BCUT2D eigenvalue weighted by atomic mass is 79.9. The van der Waals surface area contributed by atoms with E-state index in [2.05, 4.69) is 63.5 Å². The van der Waals surface area contributed by atoms with E-state index in [1.165, 1.54) is 11.1 Å². The second-order valence-electron chi connectivity index (χ2n) is 8.10. The number of para-hydroxylation sites is 1. The molecule has 6 heteroatoms. The van der Waals surface area contributed by atoms with Crippen molar-refractivity contribution in [3.63, 3.8) is 0 Å². The number of rotatable bonds is 3. The standard InChI is InChI=1S/C26H24BrN3O2/c1-16-7-9-17(10-8-16)25-24-19(20-15-18(32-2)11-12-22(20)28-24)13-14-30(25)26(31)29-23-6-4-3-5-21(23)27/h3-12,15,25,28H,13-14H2,1-2H3,(H,29,31)/t25-/m1/s1. The molecular formula is C26H24BrN3O2. The molecule has 0 saturated heterocycles. The lowest BCUT2D eigenvalue weighted by Crippen LogP contribution is -2.43. The van der Waals surface area contributed by atoms with Crippen LogP contribution in [0.15, 0.2) is 71.2 Å². The topological polar surface area (TPSA) is 57.4 Å². The van der Waals surface area contributed by atoms with Crippen LogP contribution in [0.4, 0.5) is 10.5 Å². The zero-order valence-electron chi connectivity index (χ0n) is 18.0. The number of hydrogen-bond donors (Lipinski definition) is 2. The van der Waals surface area contributed by atoms with Crippen LogP contribution in [0.2, 0.25) is 0 Å². The lowest BCUT2D eigenvalue weighted by Gasteiger charge is -2.36. The van der Waals surface area contributed by atoms with Crippen LogP contribution in [0, 0.1) is 6.92 Å². The number of anilines is 1. The fraction of sp³-hybridized carbons (Fsp3) is 0.192. The number of methoxy groups -OCH3 is 1. The third-order valence-corrected chi connectivity index (χ3v) is 6.80. The molecule has 162 valence electrons. The summed E-state index contributed by atoms with van der Waals surface area (Å²) in [5, 5.41) is 4.24. The Morgan fingerprint density at radius 1 is 1.12 bits per heavy atom. The Bertz CT molecular complexity index is 1300. The number of hydrogen-bond acceptors (Lipinski definition) is 2. The van der Waals surface area contributed by atoms with E-state index in [9.17, 15) is 4.79 Å². The van der Waals surface area contributed by atoms with Crippen LogP contribution < -0.4 is 10.1 Å². The number of benzene rings is 3. The van der Waals surface area contributed by atoms with Crippen molar-refractivity contribution in [3.8, 4) is 5.75 Å². The van der Waals surface area contributed by atoms with E-state index in [-0.39, 0.29) is 12.1 Å². The third-order valence-electron chi connectivity index (χ3n) is 6.10. The smallest absolute Gasteiger partial charge is 0.322 e. The normalized spacial score (nSPS) is 15.5. The van der Waals surface area contributed by atoms with Crippen LogP contribution in [0.25, 0.3) is 10.9 Å². The number of H-pyrrole nitrogens is 1. The second kappa shape index (κ2) is 8.36. The minimum atomic E-state index is -0.208. The molecule has 2 N–H and O–H groups in total. The number of urea groups is 1. The summed E-state index contributed by atoms with van der Waals surface area (Å²) in [4.78, 5) is 19.0. The number of aromatic amines is 1. The monoisotopic (exact) mass is 489 g/mol. The first-order chi connectivity index (χ1) is 15.5. The number of fused-ring (bicyclic) bond motifs is 3. The van der Waals surface area contributed by atoms with Gasteiger partial charge < -0.3 is 19.9 Å². The molecule has 0 fully saturated rings. The Morgan fingerprint density at radius 2 is 1.91 bits per heavy atom. The van der Waals surface area contributed by atoms with Gasteiger partial charge in [-0.05, 0) is 70.7 Å². The third kappa shape index (κ3) is 3.65. The van der Waals surface area contributed by atoms with Crippen LogP contribution in [-0.4, -0.2) is 29.6 Å². The van der Waals surface area contributed by atoms with E-state index in [0.717, 1.165) is 44.5 Å². The predicted molar refractivity (Wildman–Crippen MR) is 131 cm³/mol. The number of carbonyl (C=O) groups excluding carboxylic acids is 1. The highest BCUT2D eigenvalue weighted by Gasteiger charge is 2.34. The molecule has 1 atom stereocenters. The number of aryl methyl sites for hydroxylation is 1. The molecule has 5 rings (SSSR count). The summed E-state index contributed by atoms with van der Waals surface area (Å²) in [6.45, 7) is 2.69. The fourth-order valence-electron chi connectivity index (χ4n) is 4.46. The van der Waals surface area contributed by atoms with Crippen LogP contribution >= 0.6 is 15.9 Å². The SMILES string of the molecule is COc1ccc2[nH]c3c(c2c1)CCN(C(=O)Nc1ccccc1Br)[C@@H]3c1ccc(C)cc1. The van der Waals surface area contributed by atoms with Crippen molar-refractivity contribution in [1.82, 2.24) is 9.88 Å². The van der Waals surface area contributed by atoms with Crippen molar-refractivity contribution in [1.29, 1.82) is 0 Å². The second-order valence-corrected chi connectivity index (χ2v) is 8.95. The van der Waals surface area contributed by atoms with Gasteiger partial charge in [-0.3, -0.25) is 0 Å². The van der Waals surface area contributed by atoms with Gasteiger partial charge in [0.15, 0.2) is 0 Å². The summed E-state index contributed by atoms with van der Waals surface area (Å²) in [5.41, 5.74) is 6.39. The molecule has 0 unspecified atom stereocenters. The van der Waals surface area contributed by atoms with Crippen LogP contribution in [-0.2, 0) is 6.42 Å². The number of carbonyl (C=O) groups is 1. The van der Waals surface area contributed by atoms with Crippen molar-refractivity contribution in [2.24, 2.45) is 0 Å². The number of nitrogens with zero attached hydrogens (tertiary/aromatic N) is 1. The molecule has 2 heterocycles. The average molecular weight is 490 g/mol. The zero-order valence-corrected chi connectivity index (χ0v) is 19.6. The Morgan fingerprint density at radius 3 is 2.66 bits per heavy atom. The summed E-state index contributed by atoms with van der Waals surface area (Å²) in [6, 6.07) is 21.8. The summed E-state index contributed by atoms with van der Waals surface area (Å²) in [7, 11) is 1.68. The maximum Gasteiger partial charge on any atom is 0.322 e. The molecule has 3 aromatic carbocycles. The van der Waals surface area contributed by atoms with E-state index >= 15 is 0 Å². The van der Waals surface area contributed by atoms with Crippen LogP contribution in [0.5, 0.6) is 5.75 Å². The Kier molecular flexibility index (Phi) is 5.39. The first-order valence-corrected chi connectivity index (χ1v) is 11.4. The summed E-state index contributed by atoms with van der Waals surface area (Å²) < 4.78 is 6.31. The highest BCUT2D eigenvalue weighted by molar-refractivity contribution is 9.10. The number of halogens is 1. The van der Waals surface area contributed by atoms with Gasteiger partial charge in [-0.15, -0.1) is 0 Å². The quantitative estimate of drug-likeness (QED) is 0.348. The molecular weight excluding hydrogens is 466 g/mol. The first-order valence-electron chi connectivity index (χ1n) is 10.6. The summed E-state index contributed by atoms with van der Waals surface area (Å²) in [6.07, 6.45) is 0.772. The van der Waals surface area contributed by atoms with Gasteiger partial charge in [0.1, 0.15) is 5.75 Å². The molecule has 0 radical (unpaired) electrons. The van der Waals surface area contributed by atoms with Gasteiger partial charge in [0.25, 0.3) is 0 Å². The molecule has 2 amide bonds. The first kappa shape index (κ1) is 20.6. The molecule has 1 aliphatic heterocycles.